The molecule has 3 rings (SSSR count). The number of rotatable bonds is 4. The first-order chi connectivity index (χ1) is 11.5. The van der Waals surface area contributed by atoms with E-state index in [0.717, 1.165) is 23.3 Å². The zero-order chi connectivity index (χ0) is 17.3. The Morgan fingerprint density at radius 3 is 2.62 bits per heavy atom. The number of aryl methyl sites for hydroxylation is 2. The van der Waals surface area contributed by atoms with Crippen LogP contribution in [0.3, 0.4) is 0 Å². The third-order valence-electron chi connectivity index (χ3n) is 3.94. The van der Waals surface area contributed by atoms with Gasteiger partial charge in [0.15, 0.2) is 0 Å². The van der Waals surface area contributed by atoms with Crippen LogP contribution in [0.5, 0.6) is 0 Å². The molecule has 0 aliphatic heterocycles. The summed E-state index contributed by atoms with van der Waals surface area (Å²) in [4.78, 5) is 17.1. The second-order valence-corrected chi connectivity index (χ2v) is 6.63. The number of carbonyl (C=O) groups is 1. The molecular weight excluding hydrogens is 325 g/mol. The van der Waals surface area contributed by atoms with Crippen molar-refractivity contribution < 1.29 is 9.18 Å². The fourth-order valence-corrected chi connectivity index (χ4v) is 3.49. The number of thiophene rings is 1. The van der Waals surface area contributed by atoms with Crippen molar-refractivity contribution in [2.75, 3.05) is 0 Å². The molecule has 24 heavy (non-hydrogen) atoms. The number of hydrogen-bond acceptors (Lipinski definition) is 3. The molecule has 1 amide bonds. The van der Waals surface area contributed by atoms with Crippen molar-refractivity contribution in [3.63, 3.8) is 0 Å². The summed E-state index contributed by atoms with van der Waals surface area (Å²) in [6.45, 7) is 5.83. The van der Waals surface area contributed by atoms with Crippen LogP contribution in [0.2, 0.25) is 0 Å². The first-order valence-corrected chi connectivity index (χ1v) is 8.49. The molecule has 0 fully saturated rings. The highest BCUT2D eigenvalue weighted by Crippen LogP contribution is 2.25. The zero-order valence-electron chi connectivity index (χ0n) is 13.7. The fraction of sp³-hybridized carbons (Fsp3) is 0.222. The third kappa shape index (κ3) is 3.10. The number of carbonyl (C=O) groups excluding carboxylic acids is 1. The molecule has 6 heteroatoms. The Kier molecular flexibility index (Phi) is 4.49. The van der Waals surface area contributed by atoms with Gasteiger partial charge in [-0.3, -0.25) is 9.78 Å². The molecule has 3 aromatic heterocycles. The van der Waals surface area contributed by atoms with Crippen molar-refractivity contribution in [3.8, 4) is 5.69 Å². The van der Waals surface area contributed by atoms with Crippen LogP contribution in [0, 0.1) is 19.7 Å². The van der Waals surface area contributed by atoms with E-state index in [9.17, 15) is 9.18 Å². The van der Waals surface area contributed by atoms with Gasteiger partial charge in [-0.1, -0.05) is 0 Å². The molecule has 0 aliphatic carbocycles. The van der Waals surface area contributed by atoms with Crippen LogP contribution in [0.4, 0.5) is 4.39 Å². The highest BCUT2D eigenvalue weighted by Gasteiger charge is 2.19. The Hall–Kier alpha value is -2.47. The van der Waals surface area contributed by atoms with Crippen LogP contribution in [-0.2, 0) is 0 Å². The maximum absolute atomic E-state index is 13.3. The molecule has 0 aromatic carbocycles. The number of nitrogens with one attached hydrogen (secondary N) is 1. The fourth-order valence-electron chi connectivity index (χ4n) is 2.71. The Labute approximate surface area is 144 Å². The highest BCUT2D eigenvalue weighted by molar-refractivity contribution is 7.12. The van der Waals surface area contributed by atoms with Crippen LogP contribution < -0.4 is 5.32 Å². The minimum atomic E-state index is -0.413. The van der Waals surface area contributed by atoms with Crippen LogP contribution in [0.25, 0.3) is 5.69 Å². The third-order valence-corrected chi connectivity index (χ3v) is 4.84. The van der Waals surface area contributed by atoms with Gasteiger partial charge in [-0.05, 0) is 56.0 Å². The van der Waals surface area contributed by atoms with Crippen LogP contribution in [0.1, 0.15) is 39.6 Å². The van der Waals surface area contributed by atoms with E-state index in [1.807, 2.05) is 44.4 Å². The van der Waals surface area contributed by atoms with Crippen molar-refractivity contribution in [1.82, 2.24) is 14.9 Å². The molecule has 3 heterocycles. The van der Waals surface area contributed by atoms with Gasteiger partial charge < -0.3 is 9.88 Å². The smallest absolute Gasteiger partial charge is 0.263 e. The van der Waals surface area contributed by atoms with Gasteiger partial charge in [0.25, 0.3) is 5.91 Å². The number of amides is 1. The summed E-state index contributed by atoms with van der Waals surface area (Å²) in [5.41, 5.74) is 3.64. The van der Waals surface area contributed by atoms with Crippen LogP contribution >= 0.6 is 11.3 Å². The maximum atomic E-state index is 13.3. The van der Waals surface area contributed by atoms with E-state index >= 15 is 0 Å². The zero-order valence-corrected chi connectivity index (χ0v) is 14.5. The maximum Gasteiger partial charge on any atom is 0.263 e. The van der Waals surface area contributed by atoms with E-state index in [1.54, 1.807) is 6.20 Å². The molecular formula is C18H18FN3OS. The van der Waals surface area contributed by atoms with Gasteiger partial charge in [-0.2, -0.15) is 0 Å². The number of hydrogen-bond donors (Lipinski definition) is 1. The Morgan fingerprint density at radius 2 is 1.96 bits per heavy atom. The Morgan fingerprint density at radius 1 is 1.25 bits per heavy atom. The lowest BCUT2D eigenvalue weighted by Gasteiger charge is -2.15. The standard InChI is InChI=1S/C18H18FN3OS/c1-11-4-5-12(2)22(11)16-6-7-24-17(16)18(23)21-13(3)14-8-15(19)10-20-9-14/h4-10,13H,1-3H3,(H,21,23). The first-order valence-electron chi connectivity index (χ1n) is 7.61. The minimum Gasteiger partial charge on any atom is -0.345 e. The molecule has 0 radical (unpaired) electrons. The largest absolute Gasteiger partial charge is 0.345 e. The number of pyridine rings is 1. The lowest BCUT2D eigenvalue weighted by molar-refractivity contribution is 0.0944. The first kappa shape index (κ1) is 16.4. The van der Waals surface area contributed by atoms with E-state index in [4.69, 9.17) is 0 Å². The van der Waals surface area contributed by atoms with Crippen LogP contribution in [0.15, 0.2) is 42.0 Å². The second kappa shape index (κ2) is 6.57. The van der Waals surface area contributed by atoms with E-state index in [1.165, 1.54) is 17.4 Å². The summed E-state index contributed by atoms with van der Waals surface area (Å²) in [7, 11) is 0. The summed E-state index contributed by atoms with van der Waals surface area (Å²) in [6, 6.07) is 7.04. The SMILES string of the molecule is Cc1ccc(C)n1-c1ccsc1C(=O)NC(C)c1cncc(F)c1. The topological polar surface area (TPSA) is 46.9 Å². The predicted octanol–water partition coefficient (Wildman–Crippen LogP) is 4.18. The molecule has 3 aromatic rings. The van der Waals surface area contributed by atoms with Crippen molar-refractivity contribution in [2.24, 2.45) is 0 Å². The van der Waals surface area contributed by atoms with Crippen LogP contribution in [-0.4, -0.2) is 15.5 Å². The van der Waals surface area contributed by atoms with E-state index < -0.39 is 5.82 Å². The number of aromatic nitrogens is 2. The second-order valence-electron chi connectivity index (χ2n) is 5.72. The molecule has 0 saturated carbocycles. The quantitative estimate of drug-likeness (QED) is 0.772. The van der Waals surface area contributed by atoms with Gasteiger partial charge in [0.2, 0.25) is 0 Å². The minimum absolute atomic E-state index is 0.177. The van der Waals surface area contributed by atoms with Crippen molar-refractivity contribution in [3.05, 3.63) is 69.7 Å². The summed E-state index contributed by atoms with van der Waals surface area (Å²) < 4.78 is 15.4. The molecule has 0 aliphatic rings. The monoisotopic (exact) mass is 343 g/mol. The van der Waals surface area contributed by atoms with Gasteiger partial charge in [0.1, 0.15) is 10.7 Å². The highest BCUT2D eigenvalue weighted by atomic mass is 32.1. The average Bonchev–Trinajstić information content (AvgIpc) is 3.13. The van der Waals surface area contributed by atoms with Crippen molar-refractivity contribution in [1.29, 1.82) is 0 Å². The molecule has 4 nitrogen and oxygen atoms in total. The van der Waals surface area contributed by atoms with Crippen molar-refractivity contribution in [2.45, 2.75) is 26.8 Å². The normalized spacial score (nSPS) is 12.2. The average molecular weight is 343 g/mol. The molecule has 124 valence electrons. The Balaban J connectivity index is 1.86. The predicted molar refractivity (Wildman–Crippen MR) is 93.2 cm³/mol. The molecule has 1 atom stereocenters. The molecule has 0 saturated heterocycles. The number of nitrogens with zero attached hydrogens (tertiary/aromatic N) is 2. The molecule has 1 unspecified atom stereocenters. The number of halogens is 1. The summed E-state index contributed by atoms with van der Waals surface area (Å²) in [5.74, 6) is -0.590. The molecule has 0 bridgehead atoms. The van der Waals surface area contributed by atoms with Gasteiger partial charge >= 0.3 is 0 Å². The van der Waals surface area contributed by atoms with Gasteiger partial charge in [-0.15, -0.1) is 11.3 Å². The van der Waals surface area contributed by atoms with Gasteiger partial charge in [0.05, 0.1) is 17.9 Å². The molecule has 1 N–H and O–H groups in total. The lowest BCUT2D eigenvalue weighted by atomic mass is 10.1. The van der Waals surface area contributed by atoms with Gasteiger partial charge in [0, 0.05) is 17.6 Å². The van der Waals surface area contributed by atoms with Gasteiger partial charge in [-0.25, -0.2) is 4.39 Å². The lowest BCUT2D eigenvalue weighted by Crippen LogP contribution is -2.27. The molecule has 0 spiro atoms. The summed E-state index contributed by atoms with van der Waals surface area (Å²) in [5, 5.41) is 4.82. The van der Waals surface area contributed by atoms with E-state index in [2.05, 4.69) is 14.9 Å². The van der Waals surface area contributed by atoms with E-state index in [-0.39, 0.29) is 11.9 Å². The van der Waals surface area contributed by atoms with Crippen molar-refractivity contribution >= 4 is 17.2 Å². The Bertz CT molecular complexity index is 865. The summed E-state index contributed by atoms with van der Waals surface area (Å²) >= 11 is 1.39. The van der Waals surface area contributed by atoms with E-state index in [0.29, 0.717) is 10.4 Å². The summed E-state index contributed by atoms with van der Waals surface area (Å²) in [6.07, 6.45) is 2.70.